The van der Waals surface area contributed by atoms with Gasteiger partial charge in [0.1, 0.15) is 12.4 Å². The second-order valence-electron chi connectivity index (χ2n) is 5.39. The lowest BCUT2D eigenvalue weighted by Crippen LogP contribution is -2.23. The highest BCUT2D eigenvalue weighted by molar-refractivity contribution is 7.10. The molecule has 0 radical (unpaired) electrons. The number of rotatable bonds is 5. The first kappa shape index (κ1) is 17.8. The molecule has 1 unspecified atom stereocenters. The summed E-state index contributed by atoms with van der Waals surface area (Å²) < 4.78 is 5.43. The van der Waals surface area contributed by atoms with E-state index in [9.17, 15) is 4.79 Å². The molecule has 3 rings (SSSR count). The summed E-state index contributed by atoms with van der Waals surface area (Å²) in [5.41, 5.74) is 7.41. The highest BCUT2D eigenvalue weighted by Gasteiger charge is 2.27. The van der Waals surface area contributed by atoms with Crippen LogP contribution in [0.1, 0.15) is 29.2 Å². The molecule has 124 valence electrons. The quantitative estimate of drug-likeness (QED) is 0.864. The molecule has 1 aromatic carbocycles. The number of halogens is 1. The van der Waals surface area contributed by atoms with Crippen molar-refractivity contribution in [3.63, 3.8) is 0 Å². The Morgan fingerprint density at radius 1 is 1.30 bits per heavy atom. The van der Waals surface area contributed by atoms with Gasteiger partial charge in [-0.3, -0.25) is 4.79 Å². The van der Waals surface area contributed by atoms with Crippen LogP contribution in [0.2, 0.25) is 0 Å². The van der Waals surface area contributed by atoms with Crippen molar-refractivity contribution in [3.8, 4) is 5.75 Å². The number of nitrogens with two attached hydrogens (primary N) is 1. The van der Waals surface area contributed by atoms with Gasteiger partial charge in [-0.1, -0.05) is 0 Å². The van der Waals surface area contributed by atoms with Crippen molar-refractivity contribution in [1.82, 2.24) is 0 Å². The van der Waals surface area contributed by atoms with Crippen LogP contribution in [0.25, 0.3) is 0 Å². The lowest BCUT2D eigenvalue weighted by atomic mass is 9.87. The number of anilines is 1. The normalized spacial score (nSPS) is 16.1. The van der Waals surface area contributed by atoms with Crippen molar-refractivity contribution in [3.05, 3.63) is 46.2 Å². The summed E-state index contributed by atoms with van der Waals surface area (Å²) in [4.78, 5) is 13.9. The molecule has 0 spiro atoms. The van der Waals surface area contributed by atoms with Crippen LogP contribution in [0.5, 0.6) is 5.75 Å². The third-order valence-corrected chi connectivity index (χ3v) is 4.87. The maximum absolute atomic E-state index is 12.5. The minimum Gasteiger partial charge on any atom is -0.492 e. The van der Waals surface area contributed by atoms with Gasteiger partial charge in [-0.05, 0) is 60.5 Å². The van der Waals surface area contributed by atoms with E-state index in [2.05, 4.69) is 16.8 Å². The first-order valence-corrected chi connectivity index (χ1v) is 8.46. The molecular weight excluding hydrogens is 332 g/mol. The van der Waals surface area contributed by atoms with Crippen LogP contribution in [0.4, 0.5) is 5.69 Å². The molecule has 0 saturated heterocycles. The van der Waals surface area contributed by atoms with Crippen molar-refractivity contribution >= 4 is 35.3 Å². The molecule has 0 fully saturated rings. The fraction of sp³-hybridized carbons (Fsp3) is 0.353. The number of benzene rings is 1. The molecule has 1 heterocycles. The van der Waals surface area contributed by atoms with Gasteiger partial charge in [-0.25, -0.2) is 0 Å². The molecule has 6 heteroatoms. The monoisotopic (exact) mass is 352 g/mol. The summed E-state index contributed by atoms with van der Waals surface area (Å²) in [5, 5.41) is 5.09. The van der Waals surface area contributed by atoms with Crippen molar-refractivity contribution < 1.29 is 9.53 Å². The average molecular weight is 353 g/mol. The molecule has 0 saturated carbocycles. The smallest absolute Gasteiger partial charge is 0.231 e. The van der Waals surface area contributed by atoms with Gasteiger partial charge in [0.2, 0.25) is 5.91 Å². The minimum atomic E-state index is -0.0248. The molecule has 3 N–H and O–H groups in total. The van der Waals surface area contributed by atoms with Crippen molar-refractivity contribution in [1.29, 1.82) is 0 Å². The van der Waals surface area contributed by atoms with Crippen LogP contribution in [0.3, 0.4) is 0 Å². The van der Waals surface area contributed by atoms with Gasteiger partial charge >= 0.3 is 0 Å². The second-order valence-corrected chi connectivity index (χ2v) is 6.40. The summed E-state index contributed by atoms with van der Waals surface area (Å²) in [6.45, 7) is 0.984. The van der Waals surface area contributed by atoms with Crippen molar-refractivity contribution in [2.24, 2.45) is 5.73 Å². The number of aryl methyl sites for hydroxylation is 1. The summed E-state index contributed by atoms with van der Waals surface area (Å²) in [6.07, 6.45) is 3.11. The Bertz CT molecular complexity index is 642. The zero-order valence-electron chi connectivity index (χ0n) is 12.8. The SMILES string of the molecule is Cl.NCCOc1ccc(NC(=O)C2CCCc3sccc32)cc1. The third kappa shape index (κ3) is 4.25. The number of fused-ring (bicyclic) bond motifs is 1. The van der Waals surface area contributed by atoms with E-state index < -0.39 is 0 Å². The van der Waals surface area contributed by atoms with E-state index in [-0.39, 0.29) is 24.2 Å². The highest BCUT2D eigenvalue weighted by atomic mass is 35.5. The van der Waals surface area contributed by atoms with Gasteiger partial charge in [-0.15, -0.1) is 23.7 Å². The number of hydrogen-bond acceptors (Lipinski definition) is 4. The Morgan fingerprint density at radius 2 is 2.09 bits per heavy atom. The zero-order valence-corrected chi connectivity index (χ0v) is 14.4. The van der Waals surface area contributed by atoms with E-state index in [1.165, 1.54) is 10.4 Å². The minimum absolute atomic E-state index is 0. The van der Waals surface area contributed by atoms with Gasteiger partial charge in [0.25, 0.3) is 0 Å². The molecule has 1 amide bonds. The molecule has 4 nitrogen and oxygen atoms in total. The van der Waals surface area contributed by atoms with Crippen LogP contribution in [0, 0.1) is 0 Å². The molecular formula is C17H21ClN2O2S. The number of hydrogen-bond donors (Lipinski definition) is 2. The Balaban J connectivity index is 0.00000192. The number of carbonyl (C=O) groups is 1. The summed E-state index contributed by atoms with van der Waals surface area (Å²) in [6, 6.07) is 9.51. The van der Waals surface area contributed by atoms with E-state index >= 15 is 0 Å². The van der Waals surface area contributed by atoms with Crippen LogP contribution in [0.15, 0.2) is 35.7 Å². The van der Waals surface area contributed by atoms with Crippen LogP contribution in [-0.4, -0.2) is 19.1 Å². The molecule has 2 aromatic rings. The number of nitrogens with one attached hydrogen (secondary N) is 1. The lowest BCUT2D eigenvalue weighted by Gasteiger charge is -2.21. The van der Waals surface area contributed by atoms with Crippen LogP contribution < -0.4 is 15.8 Å². The first-order chi connectivity index (χ1) is 10.8. The number of ether oxygens (including phenoxy) is 1. The van der Waals surface area contributed by atoms with E-state index in [0.717, 1.165) is 30.7 Å². The Morgan fingerprint density at radius 3 is 2.83 bits per heavy atom. The predicted molar refractivity (Wildman–Crippen MR) is 96.9 cm³/mol. The van der Waals surface area contributed by atoms with Gasteiger partial charge in [0, 0.05) is 17.1 Å². The van der Waals surface area contributed by atoms with E-state index in [1.807, 2.05) is 24.3 Å². The van der Waals surface area contributed by atoms with Gasteiger partial charge in [0.05, 0.1) is 5.92 Å². The Kier molecular flexibility index (Phi) is 6.45. The van der Waals surface area contributed by atoms with E-state index in [4.69, 9.17) is 10.5 Å². The summed E-state index contributed by atoms with van der Waals surface area (Å²) in [7, 11) is 0. The molecule has 1 atom stereocenters. The molecule has 0 bridgehead atoms. The zero-order chi connectivity index (χ0) is 15.4. The first-order valence-electron chi connectivity index (χ1n) is 7.58. The number of carbonyl (C=O) groups excluding carboxylic acids is 1. The fourth-order valence-corrected chi connectivity index (χ4v) is 3.79. The molecule has 0 aliphatic heterocycles. The van der Waals surface area contributed by atoms with E-state index in [0.29, 0.717) is 13.2 Å². The van der Waals surface area contributed by atoms with Crippen molar-refractivity contribution in [2.45, 2.75) is 25.2 Å². The summed E-state index contributed by atoms with van der Waals surface area (Å²) >= 11 is 1.76. The van der Waals surface area contributed by atoms with Gasteiger partial charge in [0.15, 0.2) is 0 Å². The number of thiophene rings is 1. The molecule has 1 aliphatic carbocycles. The second kappa shape index (κ2) is 8.34. The molecule has 1 aliphatic rings. The highest BCUT2D eigenvalue weighted by Crippen LogP contribution is 2.35. The molecule has 1 aromatic heterocycles. The maximum Gasteiger partial charge on any atom is 0.231 e. The van der Waals surface area contributed by atoms with Crippen LogP contribution >= 0.6 is 23.7 Å². The largest absolute Gasteiger partial charge is 0.492 e. The number of amides is 1. The standard InChI is InChI=1S/C17H20N2O2S.ClH/c18-9-10-21-13-6-4-12(5-7-13)19-17(20)15-2-1-3-16-14(15)8-11-22-16;/h4-8,11,15H,1-3,9-10,18H2,(H,19,20);1H. The Hall–Kier alpha value is -1.56. The average Bonchev–Trinajstić information content (AvgIpc) is 3.02. The van der Waals surface area contributed by atoms with Crippen molar-refractivity contribution in [2.75, 3.05) is 18.5 Å². The topological polar surface area (TPSA) is 64.3 Å². The lowest BCUT2D eigenvalue weighted by molar-refractivity contribution is -0.117. The van der Waals surface area contributed by atoms with Gasteiger partial charge in [-0.2, -0.15) is 0 Å². The van der Waals surface area contributed by atoms with Crippen LogP contribution in [-0.2, 0) is 11.2 Å². The third-order valence-electron chi connectivity index (χ3n) is 3.88. The van der Waals surface area contributed by atoms with E-state index in [1.54, 1.807) is 11.3 Å². The predicted octanol–water partition coefficient (Wildman–Crippen LogP) is 3.57. The molecule has 23 heavy (non-hydrogen) atoms. The van der Waals surface area contributed by atoms with Gasteiger partial charge < -0.3 is 15.8 Å². The summed E-state index contributed by atoms with van der Waals surface area (Å²) in [5.74, 6) is 0.819. The fourth-order valence-electron chi connectivity index (χ4n) is 2.80. The maximum atomic E-state index is 12.5. The Labute approximate surface area is 146 Å².